The molecule has 1 saturated heterocycles. The fourth-order valence-corrected chi connectivity index (χ4v) is 0.960. The predicted octanol–water partition coefficient (Wildman–Crippen LogP) is 0.547. The van der Waals surface area contributed by atoms with Gasteiger partial charge in [-0.1, -0.05) is 5.18 Å². The largest absolute Gasteiger partial charge is 0.376 e. The maximum absolute atomic E-state index is 10.1. The number of hydrogen-bond acceptors (Lipinski definition) is 6. The highest BCUT2D eigenvalue weighted by Gasteiger charge is 2.23. The van der Waals surface area contributed by atoms with Gasteiger partial charge in [-0.05, 0) is 6.92 Å². The Bertz CT molecular complexity index is 174. The molecule has 88 valence electrons. The Morgan fingerprint density at radius 2 is 2.33 bits per heavy atom. The molecule has 1 rings (SSSR count). The van der Waals surface area contributed by atoms with E-state index in [1.54, 1.807) is 0 Å². The van der Waals surface area contributed by atoms with E-state index in [0.717, 1.165) is 6.61 Å². The van der Waals surface area contributed by atoms with Gasteiger partial charge < -0.3 is 18.9 Å². The van der Waals surface area contributed by atoms with Crippen LogP contribution in [0.2, 0.25) is 0 Å². The molecule has 0 saturated carbocycles. The first-order valence-electron chi connectivity index (χ1n) is 5.04. The Labute approximate surface area is 88.8 Å². The normalized spacial score (nSPS) is 21.3. The van der Waals surface area contributed by atoms with Crippen molar-refractivity contribution in [1.82, 2.24) is 0 Å². The van der Waals surface area contributed by atoms with Crippen LogP contribution in [0.25, 0.3) is 0 Å². The third-order valence-corrected chi connectivity index (χ3v) is 1.88. The molecule has 0 bridgehead atoms. The van der Waals surface area contributed by atoms with Crippen LogP contribution in [0.1, 0.15) is 6.92 Å². The summed E-state index contributed by atoms with van der Waals surface area (Å²) in [5.74, 6) is 0. The lowest BCUT2D eigenvalue weighted by atomic mass is 10.4. The molecule has 0 aromatic heterocycles. The molecular weight excluding hydrogens is 202 g/mol. The molecule has 0 spiro atoms. The number of epoxide rings is 1. The summed E-state index contributed by atoms with van der Waals surface area (Å²) in [5, 5.41) is 2.79. The summed E-state index contributed by atoms with van der Waals surface area (Å²) in [5.41, 5.74) is 0. The van der Waals surface area contributed by atoms with Gasteiger partial charge in [0.25, 0.3) is 0 Å². The van der Waals surface area contributed by atoms with Gasteiger partial charge in [0.15, 0.2) is 0 Å². The second-order valence-corrected chi connectivity index (χ2v) is 3.20. The van der Waals surface area contributed by atoms with Gasteiger partial charge in [-0.15, -0.1) is 0 Å². The summed E-state index contributed by atoms with van der Waals surface area (Å²) in [7, 11) is 0. The van der Waals surface area contributed by atoms with Gasteiger partial charge in [0.05, 0.1) is 19.8 Å². The summed E-state index contributed by atoms with van der Waals surface area (Å²) in [6, 6.07) is 0. The molecule has 0 amide bonds. The number of nitrogens with zero attached hydrogens (tertiary/aromatic N) is 1. The lowest BCUT2D eigenvalue weighted by Crippen LogP contribution is -2.25. The second kappa shape index (κ2) is 7.70. The summed E-state index contributed by atoms with van der Waals surface area (Å²) >= 11 is 0. The van der Waals surface area contributed by atoms with Crippen molar-refractivity contribution in [2.75, 3.05) is 39.8 Å². The quantitative estimate of drug-likeness (QED) is 0.232. The van der Waals surface area contributed by atoms with Crippen LogP contribution in [-0.4, -0.2) is 52.0 Å². The molecule has 1 aliphatic rings. The monoisotopic (exact) mass is 219 g/mol. The zero-order chi connectivity index (χ0) is 10.9. The topological polar surface area (TPSA) is 69.7 Å². The van der Waals surface area contributed by atoms with Crippen LogP contribution in [0.4, 0.5) is 0 Å². The van der Waals surface area contributed by atoms with E-state index in [9.17, 15) is 4.91 Å². The lowest BCUT2D eigenvalue weighted by molar-refractivity contribution is -0.105. The number of ether oxygens (including phenoxy) is 4. The molecule has 1 heterocycles. The molecule has 0 aromatic rings. The van der Waals surface area contributed by atoms with Gasteiger partial charge >= 0.3 is 0 Å². The van der Waals surface area contributed by atoms with E-state index in [0.29, 0.717) is 19.8 Å². The molecular formula is C9H17NO5. The molecule has 1 fully saturated rings. The van der Waals surface area contributed by atoms with Gasteiger partial charge in [0.2, 0.25) is 0 Å². The van der Waals surface area contributed by atoms with Crippen LogP contribution in [0.15, 0.2) is 5.18 Å². The fourth-order valence-electron chi connectivity index (χ4n) is 0.960. The van der Waals surface area contributed by atoms with Crippen LogP contribution >= 0.6 is 0 Å². The molecule has 15 heavy (non-hydrogen) atoms. The highest BCUT2D eigenvalue weighted by Crippen LogP contribution is 2.09. The van der Waals surface area contributed by atoms with Crippen LogP contribution in [-0.2, 0) is 18.9 Å². The molecule has 0 aromatic carbocycles. The van der Waals surface area contributed by atoms with Crippen molar-refractivity contribution in [1.29, 1.82) is 0 Å². The molecule has 0 N–H and O–H groups in total. The molecule has 1 aliphatic heterocycles. The molecule has 0 aliphatic carbocycles. The third-order valence-electron chi connectivity index (χ3n) is 1.88. The Hall–Kier alpha value is -0.560. The Morgan fingerprint density at radius 1 is 1.53 bits per heavy atom. The van der Waals surface area contributed by atoms with Crippen LogP contribution in [0.3, 0.4) is 0 Å². The zero-order valence-corrected chi connectivity index (χ0v) is 8.89. The number of hydrogen-bond donors (Lipinski definition) is 0. The molecule has 2 atom stereocenters. The van der Waals surface area contributed by atoms with E-state index in [4.69, 9.17) is 18.9 Å². The van der Waals surface area contributed by atoms with Crippen molar-refractivity contribution in [2.24, 2.45) is 5.18 Å². The number of nitroso groups, excluding NO2 is 1. The second-order valence-electron chi connectivity index (χ2n) is 3.20. The fraction of sp³-hybridized carbons (Fsp3) is 1.00. The minimum Gasteiger partial charge on any atom is -0.376 e. The van der Waals surface area contributed by atoms with E-state index in [-0.39, 0.29) is 25.5 Å². The average molecular weight is 219 g/mol. The smallest absolute Gasteiger partial charge is 0.147 e. The van der Waals surface area contributed by atoms with Crippen LogP contribution in [0.5, 0.6) is 0 Å². The van der Waals surface area contributed by atoms with Gasteiger partial charge in [-0.25, -0.2) is 0 Å². The minimum absolute atomic E-state index is 0.0819. The van der Waals surface area contributed by atoms with Crippen LogP contribution in [0, 0.1) is 4.91 Å². The van der Waals surface area contributed by atoms with Crippen molar-refractivity contribution < 1.29 is 18.9 Å². The standard InChI is InChI=1S/C9H17NO5/c1-2-12-7-15-8(3-10-11)4-13-5-9-6-14-9/h8-9H,2-7H2,1H3. The molecule has 6 heteroatoms. The first kappa shape index (κ1) is 12.5. The Kier molecular flexibility index (Phi) is 6.42. The number of rotatable bonds is 10. The van der Waals surface area contributed by atoms with E-state index in [1.165, 1.54) is 0 Å². The first-order chi connectivity index (χ1) is 7.36. The summed E-state index contributed by atoms with van der Waals surface area (Å²) in [4.78, 5) is 10.1. The highest BCUT2D eigenvalue weighted by molar-refractivity contribution is 4.68. The molecule has 6 nitrogen and oxygen atoms in total. The van der Waals surface area contributed by atoms with E-state index >= 15 is 0 Å². The summed E-state index contributed by atoms with van der Waals surface area (Å²) in [6.07, 6.45) is -0.102. The Morgan fingerprint density at radius 3 is 2.93 bits per heavy atom. The van der Waals surface area contributed by atoms with E-state index < -0.39 is 0 Å². The van der Waals surface area contributed by atoms with Crippen molar-refractivity contribution in [3.05, 3.63) is 4.91 Å². The zero-order valence-electron chi connectivity index (χ0n) is 8.89. The minimum atomic E-state index is -0.326. The first-order valence-corrected chi connectivity index (χ1v) is 5.04. The maximum Gasteiger partial charge on any atom is 0.147 e. The predicted molar refractivity (Wildman–Crippen MR) is 52.6 cm³/mol. The lowest BCUT2D eigenvalue weighted by Gasteiger charge is -2.14. The van der Waals surface area contributed by atoms with Gasteiger partial charge in [0, 0.05) is 6.61 Å². The summed E-state index contributed by atoms with van der Waals surface area (Å²) < 4.78 is 20.5. The van der Waals surface area contributed by atoms with Crippen molar-refractivity contribution >= 4 is 0 Å². The van der Waals surface area contributed by atoms with Gasteiger partial charge in [0.1, 0.15) is 25.5 Å². The van der Waals surface area contributed by atoms with Crippen LogP contribution < -0.4 is 0 Å². The SMILES string of the molecule is CCOCOC(CN=O)COCC1CO1. The maximum atomic E-state index is 10.1. The van der Waals surface area contributed by atoms with Crippen molar-refractivity contribution in [3.63, 3.8) is 0 Å². The van der Waals surface area contributed by atoms with Gasteiger partial charge in [-0.3, -0.25) is 0 Å². The van der Waals surface area contributed by atoms with Crippen molar-refractivity contribution in [3.8, 4) is 0 Å². The molecule has 0 radical (unpaired) electrons. The molecule has 2 unspecified atom stereocenters. The van der Waals surface area contributed by atoms with E-state index in [2.05, 4.69) is 5.18 Å². The average Bonchev–Trinajstić information content (AvgIpc) is 3.02. The Balaban J connectivity index is 2.01. The third kappa shape index (κ3) is 6.51. The van der Waals surface area contributed by atoms with Crippen molar-refractivity contribution in [2.45, 2.75) is 19.1 Å². The van der Waals surface area contributed by atoms with Gasteiger partial charge in [-0.2, -0.15) is 4.91 Å². The summed E-state index contributed by atoms with van der Waals surface area (Å²) in [6.45, 7) is 4.36. The van der Waals surface area contributed by atoms with E-state index in [1.807, 2.05) is 6.92 Å². The highest BCUT2D eigenvalue weighted by atomic mass is 16.7.